The van der Waals surface area contributed by atoms with Crippen LogP contribution < -0.4 is 10.1 Å². The summed E-state index contributed by atoms with van der Waals surface area (Å²) in [5, 5.41) is 3.59. The molecule has 3 rings (SSSR count). The smallest absolute Gasteiger partial charge is 0.134 e. The van der Waals surface area contributed by atoms with E-state index in [-0.39, 0.29) is 0 Å². The molecule has 1 N–H and O–H groups in total. The summed E-state index contributed by atoms with van der Waals surface area (Å²) in [5.41, 5.74) is 1.79. The first-order chi connectivity index (χ1) is 7.83. The minimum absolute atomic E-state index is 0.550. The van der Waals surface area contributed by atoms with Crippen molar-refractivity contribution in [3.05, 3.63) is 18.2 Å². The van der Waals surface area contributed by atoms with Crippen LogP contribution in [0.4, 0.5) is 5.69 Å². The first-order valence-corrected chi connectivity index (χ1v) is 6.85. The van der Waals surface area contributed by atoms with Crippen LogP contribution in [0.1, 0.15) is 19.3 Å². The summed E-state index contributed by atoms with van der Waals surface area (Å²) in [5.74, 6) is 2.24. The lowest BCUT2D eigenvalue weighted by atomic mass is 9.70. The zero-order valence-corrected chi connectivity index (χ0v) is 10.4. The van der Waals surface area contributed by atoms with Gasteiger partial charge in [-0.3, -0.25) is 0 Å². The van der Waals surface area contributed by atoms with E-state index < -0.39 is 0 Å². The van der Waals surface area contributed by atoms with Gasteiger partial charge in [0, 0.05) is 12.3 Å². The van der Waals surface area contributed by atoms with Crippen molar-refractivity contribution >= 4 is 17.4 Å². The van der Waals surface area contributed by atoms with Crippen molar-refractivity contribution in [2.75, 3.05) is 24.7 Å². The molecule has 0 unspecified atom stereocenters. The molecule has 2 nitrogen and oxygen atoms in total. The molecule has 0 atom stereocenters. The Morgan fingerprint density at radius 1 is 1.38 bits per heavy atom. The van der Waals surface area contributed by atoms with Crippen LogP contribution >= 0.6 is 11.8 Å². The van der Waals surface area contributed by atoms with Crippen LogP contribution in [0.15, 0.2) is 23.1 Å². The molecule has 1 aliphatic heterocycles. The Kier molecular flexibility index (Phi) is 2.51. The molecular weight excluding hydrogens is 218 g/mol. The van der Waals surface area contributed by atoms with E-state index in [0.29, 0.717) is 5.41 Å². The second-order valence-electron chi connectivity index (χ2n) is 4.83. The SMILES string of the molecule is COc1cccc2c1SCC1(CCC1)CN2. The Morgan fingerprint density at radius 2 is 2.25 bits per heavy atom. The third-order valence-corrected chi connectivity index (χ3v) is 5.26. The second kappa shape index (κ2) is 3.88. The largest absolute Gasteiger partial charge is 0.496 e. The molecule has 3 heteroatoms. The summed E-state index contributed by atoms with van der Waals surface area (Å²) in [7, 11) is 1.75. The normalized spacial score (nSPS) is 21.6. The second-order valence-corrected chi connectivity index (χ2v) is 5.82. The highest BCUT2D eigenvalue weighted by Gasteiger charge is 2.38. The maximum absolute atomic E-state index is 5.43. The van der Waals surface area contributed by atoms with Gasteiger partial charge in [-0.15, -0.1) is 11.8 Å². The minimum Gasteiger partial charge on any atom is -0.496 e. The molecule has 1 fully saturated rings. The summed E-state index contributed by atoms with van der Waals surface area (Å²) in [6.07, 6.45) is 4.16. The Bertz CT molecular complexity index is 401. The average Bonchev–Trinajstić information content (AvgIpc) is 2.47. The number of anilines is 1. The number of hydrogen-bond donors (Lipinski definition) is 1. The number of nitrogens with one attached hydrogen (secondary N) is 1. The molecule has 2 aliphatic rings. The number of benzene rings is 1. The van der Waals surface area contributed by atoms with Gasteiger partial charge in [0.1, 0.15) is 5.75 Å². The summed E-state index contributed by atoms with van der Waals surface area (Å²) < 4.78 is 5.43. The molecule has 1 aromatic rings. The van der Waals surface area contributed by atoms with Gasteiger partial charge in [0.25, 0.3) is 0 Å². The number of thioether (sulfide) groups is 1. The van der Waals surface area contributed by atoms with E-state index in [4.69, 9.17) is 4.74 Å². The van der Waals surface area contributed by atoms with Gasteiger partial charge in [-0.2, -0.15) is 0 Å². The monoisotopic (exact) mass is 235 g/mol. The molecule has 0 saturated heterocycles. The Morgan fingerprint density at radius 3 is 2.94 bits per heavy atom. The standard InChI is InChI=1S/C13H17NOS/c1-15-11-5-2-4-10-12(11)16-9-13(8-14-10)6-3-7-13/h2,4-5,14H,3,6-9H2,1H3. The van der Waals surface area contributed by atoms with Gasteiger partial charge >= 0.3 is 0 Å². The number of methoxy groups -OCH3 is 1. The lowest BCUT2D eigenvalue weighted by Gasteiger charge is -2.40. The summed E-state index contributed by atoms with van der Waals surface area (Å²) >= 11 is 1.96. The van der Waals surface area contributed by atoms with Gasteiger partial charge < -0.3 is 10.1 Å². The first kappa shape index (κ1) is 10.3. The summed E-state index contributed by atoms with van der Waals surface area (Å²) in [6.45, 7) is 1.13. The number of hydrogen-bond acceptors (Lipinski definition) is 3. The van der Waals surface area contributed by atoms with Crippen molar-refractivity contribution in [3.63, 3.8) is 0 Å². The van der Waals surface area contributed by atoms with Crippen LogP contribution in [0.3, 0.4) is 0 Å². The highest BCUT2D eigenvalue weighted by molar-refractivity contribution is 7.99. The Hall–Kier alpha value is -0.830. The van der Waals surface area contributed by atoms with Gasteiger partial charge in [-0.25, -0.2) is 0 Å². The molecular formula is C13H17NOS. The zero-order valence-electron chi connectivity index (χ0n) is 9.58. The molecule has 1 saturated carbocycles. The average molecular weight is 235 g/mol. The molecule has 1 spiro atoms. The molecule has 1 aromatic carbocycles. The zero-order chi connectivity index (χ0) is 11.0. The predicted molar refractivity (Wildman–Crippen MR) is 68.5 cm³/mol. The van der Waals surface area contributed by atoms with Crippen molar-refractivity contribution in [3.8, 4) is 5.75 Å². The lowest BCUT2D eigenvalue weighted by molar-refractivity contribution is 0.187. The fraction of sp³-hybridized carbons (Fsp3) is 0.538. The molecule has 0 aromatic heterocycles. The van der Waals surface area contributed by atoms with E-state index in [1.165, 1.54) is 35.6 Å². The van der Waals surface area contributed by atoms with E-state index in [9.17, 15) is 0 Å². The van der Waals surface area contributed by atoms with Crippen molar-refractivity contribution in [2.45, 2.75) is 24.2 Å². The molecule has 1 aliphatic carbocycles. The Labute approximate surface area is 101 Å². The quantitative estimate of drug-likeness (QED) is 0.806. The molecule has 0 amide bonds. The van der Waals surface area contributed by atoms with Crippen LogP contribution in [0.5, 0.6) is 5.75 Å². The topological polar surface area (TPSA) is 21.3 Å². The molecule has 0 radical (unpaired) electrons. The van der Waals surface area contributed by atoms with Gasteiger partial charge in [-0.05, 0) is 30.4 Å². The van der Waals surface area contributed by atoms with Crippen LogP contribution in [0, 0.1) is 5.41 Å². The van der Waals surface area contributed by atoms with Crippen molar-refractivity contribution in [1.29, 1.82) is 0 Å². The maximum Gasteiger partial charge on any atom is 0.134 e. The van der Waals surface area contributed by atoms with Crippen molar-refractivity contribution in [1.82, 2.24) is 0 Å². The van der Waals surface area contributed by atoms with Crippen LogP contribution in [-0.4, -0.2) is 19.4 Å². The van der Waals surface area contributed by atoms with E-state index in [0.717, 1.165) is 12.3 Å². The molecule has 0 bridgehead atoms. The van der Waals surface area contributed by atoms with Crippen LogP contribution in [0.25, 0.3) is 0 Å². The van der Waals surface area contributed by atoms with Crippen LogP contribution in [-0.2, 0) is 0 Å². The fourth-order valence-corrected chi connectivity index (χ4v) is 3.95. The van der Waals surface area contributed by atoms with E-state index in [1.54, 1.807) is 7.11 Å². The van der Waals surface area contributed by atoms with E-state index >= 15 is 0 Å². The van der Waals surface area contributed by atoms with Crippen molar-refractivity contribution < 1.29 is 4.74 Å². The van der Waals surface area contributed by atoms with Crippen LogP contribution in [0.2, 0.25) is 0 Å². The lowest BCUT2D eigenvalue weighted by Crippen LogP contribution is -2.37. The number of ether oxygens (including phenoxy) is 1. The van der Waals surface area contributed by atoms with Gasteiger partial charge in [-0.1, -0.05) is 12.5 Å². The van der Waals surface area contributed by atoms with Gasteiger partial charge in [0.15, 0.2) is 0 Å². The fourth-order valence-electron chi connectivity index (χ4n) is 2.52. The van der Waals surface area contributed by atoms with Gasteiger partial charge in [0.2, 0.25) is 0 Å². The maximum atomic E-state index is 5.43. The van der Waals surface area contributed by atoms with Crippen molar-refractivity contribution in [2.24, 2.45) is 5.41 Å². The number of fused-ring (bicyclic) bond motifs is 1. The molecule has 16 heavy (non-hydrogen) atoms. The van der Waals surface area contributed by atoms with E-state index in [2.05, 4.69) is 17.4 Å². The number of rotatable bonds is 1. The third-order valence-electron chi connectivity index (χ3n) is 3.79. The predicted octanol–water partition coefficient (Wildman–Crippen LogP) is 3.38. The Balaban J connectivity index is 1.91. The molecule has 1 heterocycles. The highest BCUT2D eigenvalue weighted by atomic mass is 32.2. The first-order valence-electron chi connectivity index (χ1n) is 5.87. The van der Waals surface area contributed by atoms with E-state index in [1.807, 2.05) is 17.8 Å². The molecule has 86 valence electrons. The van der Waals surface area contributed by atoms with Gasteiger partial charge in [0.05, 0.1) is 17.7 Å². The summed E-state index contributed by atoms with van der Waals surface area (Å²) in [6, 6.07) is 6.26. The minimum atomic E-state index is 0.550. The highest BCUT2D eigenvalue weighted by Crippen LogP contribution is 2.49. The third kappa shape index (κ3) is 1.58. The summed E-state index contributed by atoms with van der Waals surface area (Å²) in [4.78, 5) is 1.29.